The number of methoxy groups -OCH3 is 1. The fourth-order valence-electron chi connectivity index (χ4n) is 1.75. The molecule has 3 N–H and O–H groups in total. The van der Waals surface area contributed by atoms with Gasteiger partial charge >= 0.3 is 0 Å². The van der Waals surface area contributed by atoms with Crippen molar-refractivity contribution >= 4 is 0 Å². The number of nitrogens with one attached hydrogen (secondary N) is 1. The summed E-state index contributed by atoms with van der Waals surface area (Å²) in [7, 11) is 1.69. The van der Waals surface area contributed by atoms with Gasteiger partial charge in [0.15, 0.2) is 0 Å². The van der Waals surface area contributed by atoms with Crippen molar-refractivity contribution in [3.8, 4) is 5.75 Å². The summed E-state index contributed by atoms with van der Waals surface area (Å²) in [5.74, 6) is 0.881. The molecule has 3 heteroatoms. The molecular formula is C14H24N2O. The molecule has 0 amide bonds. The molecule has 3 nitrogen and oxygen atoms in total. The lowest BCUT2D eigenvalue weighted by atomic mass is 10.00. The van der Waals surface area contributed by atoms with Crippen molar-refractivity contribution in [2.75, 3.05) is 13.7 Å². The van der Waals surface area contributed by atoms with Crippen molar-refractivity contribution in [2.45, 2.75) is 39.8 Å². The van der Waals surface area contributed by atoms with E-state index in [1.165, 1.54) is 11.1 Å². The van der Waals surface area contributed by atoms with Crippen molar-refractivity contribution in [3.05, 3.63) is 28.8 Å². The van der Waals surface area contributed by atoms with Crippen LogP contribution in [0.15, 0.2) is 12.1 Å². The first kappa shape index (κ1) is 14.0. The highest BCUT2D eigenvalue weighted by Gasteiger charge is 2.13. The number of hydrogen-bond acceptors (Lipinski definition) is 3. The van der Waals surface area contributed by atoms with Crippen LogP contribution in [0.5, 0.6) is 5.75 Å². The molecule has 0 heterocycles. The predicted molar refractivity (Wildman–Crippen MR) is 72.5 cm³/mol. The molecule has 0 aromatic heterocycles. The fraction of sp³-hybridized carbons (Fsp3) is 0.571. The number of benzene rings is 1. The van der Waals surface area contributed by atoms with E-state index in [-0.39, 0.29) is 6.04 Å². The number of aryl methyl sites for hydroxylation is 2. The quantitative estimate of drug-likeness (QED) is 0.824. The van der Waals surface area contributed by atoms with Crippen LogP contribution in [0.4, 0.5) is 0 Å². The van der Waals surface area contributed by atoms with E-state index in [9.17, 15) is 0 Å². The largest absolute Gasteiger partial charge is 0.496 e. The van der Waals surface area contributed by atoms with E-state index in [0.29, 0.717) is 6.04 Å². The monoisotopic (exact) mass is 236 g/mol. The van der Waals surface area contributed by atoms with Crippen LogP contribution in [-0.2, 0) is 0 Å². The van der Waals surface area contributed by atoms with E-state index in [1.807, 2.05) is 0 Å². The van der Waals surface area contributed by atoms with Crippen LogP contribution in [0.25, 0.3) is 0 Å². The van der Waals surface area contributed by atoms with E-state index in [1.54, 1.807) is 7.11 Å². The third-order valence-electron chi connectivity index (χ3n) is 2.99. The molecule has 0 saturated carbocycles. The van der Waals surface area contributed by atoms with Gasteiger partial charge in [0.05, 0.1) is 7.11 Å². The number of hydrogen-bond donors (Lipinski definition) is 2. The molecule has 0 aliphatic carbocycles. The molecule has 17 heavy (non-hydrogen) atoms. The Morgan fingerprint density at radius 1 is 1.24 bits per heavy atom. The second-order valence-corrected chi connectivity index (χ2v) is 4.85. The molecule has 1 aromatic carbocycles. The first-order valence-corrected chi connectivity index (χ1v) is 6.09. The van der Waals surface area contributed by atoms with E-state index in [2.05, 4.69) is 45.1 Å². The molecule has 1 aromatic rings. The van der Waals surface area contributed by atoms with Crippen LogP contribution >= 0.6 is 0 Å². The molecule has 0 aliphatic heterocycles. The summed E-state index contributed by atoms with van der Waals surface area (Å²) in [6.07, 6.45) is 0. The van der Waals surface area contributed by atoms with Crippen LogP contribution in [0.2, 0.25) is 0 Å². The Bertz CT molecular complexity index is 375. The van der Waals surface area contributed by atoms with Crippen molar-refractivity contribution in [1.82, 2.24) is 5.32 Å². The minimum Gasteiger partial charge on any atom is -0.496 e. The van der Waals surface area contributed by atoms with Gasteiger partial charge in [-0.2, -0.15) is 0 Å². The third-order valence-corrected chi connectivity index (χ3v) is 2.99. The third kappa shape index (κ3) is 3.72. The Balaban J connectivity index is 2.91. The highest BCUT2D eigenvalue weighted by Crippen LogP contribution is 2.27. The average Bonchev–Trinajstić information content (AvgIpc) is 2.28. The maximum Gasteiger partial charge on any atom is 0.123 e. The summed E-state index contributed by atoms with van der Waals surface area (Å²) in [5, 5.41) is 3.35. The summed E-state index contributed by atoms with van der Waals surface area (Å²) in [5.41, 5.74) is 9.75. The molecule has 1 atom stereocenters. The summed E-state index contributed by atoms with van der Waals surface area (Å²) >= 11 is 0. The smallest absolute Gasteiger partial charge is 0.123 e. The van der Waals surface area contributed by atoms with Gasteiger partial charge < -0.3 is 15.8 Å². The second kappa shape index (κ2) is 6.03. The molecule has 0 fully saturated rings. The molecule has 96 valence electrons. The van der Waals surface area contributed by atoms with Gasteiger partial charge in [0.2, 0.25) is 0 Å². The molecule has 1 rings (SSSR count). The van der Waals surface area contributed by atoms with Crippen molar-refractivity contribution < 1.29 is 4.74 Å². The van der Waals surface area contributed by atoms with E-state index < -0.39 is 0 Å². The normalized spacial score (nSPS) is 12.9. The molecular weight excluding hydrogens is 212 g/mol. The van der Waals surface area contributed by atoms with Crippen LogP contribution in [0.3, 0.4) is 0 Å². The summed E-state index contributed by atoms with van der Waals surface area (Å²) < 4.78 is 5.40. The minimum atomic E-state index is -0.0355. The number of rotatable bonds is 5. The van der Waals surface area contributed by atoms with Gasteiger partial charge in [0, 0.05) is 24.2 Å². The molecule has 0 bridgehead atoms. The van der Waals surface area contributed by atoms with Gasteiger partial charge in [-0.15, -0.1) is 0 Å². The highest BCUT2D eigenvalue weighted by atomic mass is 16.5. The zero-order valence-corrected chi connectivity index (χ0v) is 11.5. The summed E-state index contributed by atoms with van der Waals surface area (Å²) in [6.45, 7) is 9.17. The van der Waals surface area contributed by atoms with Gasteiger partial charge in [-0.05, 0) is 31.0 Å². The zero-order valence-electron chi connectivity index (χ0n) is 11.5. The minimum absolute atomic E-state index is 0.0355. The Morgan fingerprint density at radius 2 is 1.82 bits per heavy atom. The van der Waals surface area contributed by atoms with Crippen LogP contribution in [-0.4, -0.2) is 19.7 Å². The molecule has 0 radical (unpaired) electrons. The first-order chi connectivity index (χ1) is 7.95. The first-order valence-electron chi connectivity index (χ1n) is 6.09. The van der Waals surface area contributed by atoms with Gasteiger partial charge in [-0.3, -0.25) is 0 Å². The summed E-state index contributed by atoms with van der Waals surface area (Å²) in [4.78, 5) is 0. The van der Waals surface area contributed by atoms with Crippen molar-refractivity contribution in [1.29, 1.82) is 0 Å². The lowest BCUT2D eigenvalue weighted by Gasteiger charge is -2.19. The second-order valence-electron chi connectivity index (χ2n) is 4.85. The lowest BCUT2D eigenvalue weighted by Crippen LogP contribution is -2.31. The topological polar surface area (TPSA) is 47.3 Å². The predicted octanol–water partition coefficient (Wildman–Crippen LogP) is 2.31. The number of ether oxygens (including phenoxy) is 1. The number of nitrogens with two attached hydrogens (primary N) is 1. The maximum absolute atomic E-state index is 6.20. The van der Waals surface area contributed by atoms with E-state index >= 15 is 0 Å². The van der Waals surface area contributed by atoms with E-state index in [4.69, 9.17) is 10.5 Å². The van der Waals surface area contributed by atoms with Crippen LogP contribution < -0.4 is 15.8 Å². The van der Waals surface area contributed by atoms with Crippen molar-refractivity contribution in [2.24, 2.45) is 5.73 Å². The van der Waals surface area contributed by atoms with Crippen molar-refractivity contribution in [3.63, 3.8) is 0 Å². The van der Waals surface area contributed by atoms with Gasteiger partial charge in [-0.25, -0.2) is 0 Å². The van der Waals surface area contributed by atoms with Gasteiger partial charge in [-0.1, -0.05) is 19.9 Å². The fourth-order valence-corrected chi connectivity index (χ4v) is 1.75. The SMILES string of the molecule is COc1cc(C)c(C)cc1C(N)CNC(C)C. The molecule has 0 saturated heterocycles. The zero-order chi connectivity index (χ0) is 13.0. The molecule has 0 aliphatic rings. The Labute approximate surface area is 104 Å². The van der Waals surface area contributed by atoms with Gasteiger partial charge in [0.25, 0.3) is 0 Å². The lowest BCUT2D eigenvalue weighted by molar-refractivity contribution is 0.402. The summed E-state index contributed by atoms with van der Waals surface area (Å²) in [6, 6.07) is 4.59. The Hall–Kier alpha value is -1.06. The molecule has 0 spiro atoms. The highest BCUT2D eigenvalue weighted by molar-refractivity contribution is 5.43. The Kier molecular flexibility index (Phi) is 4.97. The standard InChI is InChI=1S/C14H24N2O/c1-9(2)16-8-13(15)12-6-10(3)11(4)7-14(12)17-5/h6-7,9,13,16H,8,15H2,1-5H3. The van der Waals surface area contributed by atoms with Crippen LogP contribution in [0, 0.1) is 13.8 Å². The van der Waals surface area contributed by atoms with E-state index in [0.717, 1.165) is 17.9 Å². The Morgan fingerprint density at radius 3 is 2.35 bits per heavy atom. The maximum atomic E-state index is 6.20. The van der Waals surface area contributed by atoms with Gasteiger partial charge in [0.1, 0.15) is 5.75 Å². The average molecular weight is 236 g/mol. The van der Waals surface area contributed by atoms with Crippen LogP contribution in [0.1, 0.15) is 36.6 Å². The molecule has 1 unspecified atom stereocenters.